The molecule has 1 amide bonds. The van der Waals surface area contributed by atoms with Crippen LogP contribution in [-0.2, 0) is 20.7 Å². The first-order valence-electron chi connectivity index (χ1n) is 6.03. The summed E-state index contributed by atoms with van der Waals surface area (Å²) in [4.78, 5) is 23.4. The predicted octanol–water partition coefficient (Wildman–Crippen LogP) is 2.65. The van der Waals surface area contributed by atoms with Gasteiger partial charge in [-0.15, -0.1) is 0 Å². The lowest BCUT2D eigenvalue weighted by molar-refractivity contribution is -0.143. The minimum atomic E-state index is -0.868. The Morgan fingerprint density at radius 2 is 2.05 bits per heavy atom. The lowest BCUT2D eigenvalue weighted by atomic mass is 10.1. The fourth-order valence-electron chi connectivity index (χ4n) is 1.45. The molecule has 0 unspecified atom stereocenters. The minimum absolute atomic E-state index is 0.178. The Bertz CT molecular complexity index is 477. The van der Waals surface area contributed by atoms with Gasteiger partial charge < -0.3 is 19.2 Å². The number of ether oxygens (including phenoxy) is 2. The van der Waals surface area contributed by atoms with E-state index in [4.69, 9.17) is 9.15 Å². The summed E-state index contributed by atoms with van der Waals surface area (Å²) >= 11 is 3.17. The van der Waals surface area contributed by atoms with Crippen molar-refractivity contribution in [1.29, 1.82) is 0 Å². The van der Waals surface area contributed by atoms with Crippen LogP contribution in [0.2, 0.25) is 0 Å². The Balaban J connectivity index is 2.70. The van der Waals surface area contributed by atoms with Crippen molar-refractivity contribution in [2.75, 3.05) is 7.11 Å². The summed E-state index contributed by atoms with van der Waals surface area (Å²) in [6.07, 6.45) is -0.504. The number of alkyl carbamates (subject to hydrolysis) is 1. The third-order valence-corrected chi connectivity index (χ3v) is 2.64. The molecule has 0 saturated heterocycles. The van der Waals surface area contributed by atoms with Crippen molar-refractivity contribution in [1.82, 2.24) is 5.32 Å². The zero-order chi connectivity index (χ0) is 15.3. The highest BCUT2D eigenvalue weighted by Gasteiger charge is 2.26. The van der Waals surface area contributed by atoms with Crippen LogP contribution in [-0.4, -0.2) is 30.8 Å². The normalized spacial score (nSPS) is 12.7. The summed E-state index contributed by atoms with van der Waals surface area (Å²) in [5.74, 6) is -0.0216. The number of halogens is 1. The van der Waals surface area contributed by atoms with Crippen molar-refractivity contribution < 1.29 is 23.5 Å². The fraction of sp³-hybridized carbons (Fsp3) is 0.538. The van der Waals surface area contributed by atoms with E-state index in [0.29, 0.717) is 10.4 Å². The van der Waals surface area contributed by atoms with Crippen molar-refractivity contribution in [3.05, 3.63) is 22.6 Å². The molecule has 1 N–H and O–H groups in total. The molecule has 0 spiro atoms. The Morgan fingerprint density at radius 1 is 1.40 bits per heavy atom. The summed E-state index contributed by atoms with van der Waals surface area (Å²) in [6.45, 7) is 5.22. The molecule has 0 aliphatic heterocycles. The number of esters is 1. The first-order chi connectivity index (χ1) is 9.21. The molecule has 0 aromatic carbocycles. The third-order valence-electron chi connectivity index (χ3n) is 2.21. The van der Waals surface area contributed by atoms with Crippen LogP contribution >= 0.6 is 15.9 Å². The van der Waals surface area contributed by atoms with Crippen molar-refractivity contribution >= 4 is 28.0 Å². The molecule has 1 atom stereocenters. The van der Waals surface area contributed by atoms with Crippen LogP contribution in [0.5, 0.6) is 0 Å². The van der Waals surface area contributed by atoms with Crippen LogP contribution < -0.4 is 5.32 Å². The Hall–Kier alpha value is -1.50. The van der Waals surface area contributed by atoms with Crippen LogP contribution in [0.15, 0.2) is 21.2 Å². The van der Waals surface area contributed by atoms with Gasteiger partial charge in [0.05, 0.1) is 7.11 Å². The van der Waals surface area contributed by atoms with Crippen molar-refractivity contribution in [3.8, 4) is 0 Å². The van der Waals surface area contributed by atoms with Crippen LogP contribution in [0.3, 0.4) is 0 Å². The average molecular weight is 348 g/mol. The molecule has 1 aromatic heterocycles. The van der Waals surface area contributed by atoms with E-state index in [2.05, 4.69) is 26.0 Å². The number of hydrogen-bond donors (Lipinski definition) is 1. The van der Waals surface area contributed by atoms with Gasteiger partial charge in [0.1, 0.15) is 17.4 Å². The lowest BCUT2D eigenvalue weighted by Gasteiger charge is -2.22. The zero-order valence-electron chi connectivity index (χ0n) is 11.9. The molecule has 0 aliphatic carbocycles. The van der Waals surface area contributed by atoms with Gasteiger partial charge in [0.25, 0.3) is 0 Å². The molecule has 1 aromatic rings. The predicted molar refractivity (Wildman–Crippen MR) is 75.3 cm³/mol. The number of carbonyl (C=O) groups excluding carboxylic acids is 2. The number of carbonyl (C=O) groups is 2. The Morgan fingerprint density at radius 3 is 2.50 bits per heavy atom. The van der Waals surface area contributed by atoms with E-state index in [1.165, 1.54) is 7.11 Å². The first-order valence-corrected chi connectivity index (χ1v) is 6.82. The number of nitrogens with one attached hydrogen (secondary N) is 1. The maximum absolute atomic E-state index is 11.7. The van der Waals surface area contributed by atoms with Gasteiger partial charge in [-0.2, -0.15) is 0 Å². The van der Waals surface area contributed by atoms with E-state index < -0.39 is 23.7 Å². The van der Waals surface area contributed by atoms with Gasteiger partial charge in [0.2, 0.25) is 0 Å². The molecule has 6 nitrogen and oxygen atoms in total. The van der Waals surface area contributed by atoms with Crippen LogP contribution in [0, 0.1) is 0 Å². The summed E-state index contributed by atoms with van der Waals surface area (Å²) in [6, 6.07) is 2.54. The van der Waals surface area contributed by atoms with E-state index in [9.17, 15) is 9.59 Å². The third kappa shape index (κ3) is 5.64. The number of rotatable bonds is 4. The molecule has 0 saturated carbocycles. The maximum atomic E-state index is 11.7. The number of amides is 1. The second kappa shape index (κ2) is 6.78. The van der Waals surface area contributed by atoms with Gasteiger partial charge in [-0.1, -0.05) is 0 Å². The topological polar surface area (TPSA) is 77.8 Å². The smallest absolute Gasteiger partial charge is 0.408 e. The minimum Gasteiger partial charge on any atom is -0.467 e. The Kier molecular flexibility index (Phi) is 5.62. The lowest BCUT2D eigenvalue weighted by Crippen LogP contribution is -2.45. The quantitative estimate of drug-likeness (QED) is 0.847. The molecule has 20 heavy (non-hydrogen) atoms. The highest BCUT2D eigenvalue weighted by Crippen LogP contribution is 2.16. The maximum Gasteiger partial charge on any atom is 0.408 e. The van der Waals surface area contributed by atoms with Crippen molar-refractivity contribution in [2.45, 2.75) is 38.8 Å². The van der Waals surface area contributed by atoms with Gasteiger partial charge in [0.15, 0.2) is 4.67 Å². The molecular formula is C13H18BrNO5. The standard InChI is InChI=1S/C13H18BrNO5/c1-13(2,3)20-12(17)15-9(11(16)18-4)7-8-5-6-10(14)19-8/h5-6,9H,7H2,1-4H3,(H,15,17)/t9-/m0/s1. The fourth-order valence-corrected chi connectivity index (χ4v) is 1.79. The molecular weight excluding hydrogens is 330 g/mol. The van der Waals surface area contributed by atoms with E-state index >= 15 is 0 Å². The number of methoxy groups -OCH3 is 1. The van der Waals surface area contributed by atoms with Crippen LogP contribution in [0.1, 0.15) is 26.5 Å². The summed E-state index contributed by atoms with van der Waals surface area (Å²) in [5.41, 5.74) is -0.640. The van der Waals surface area contributed by atoms with Crippen molar-refractivity contribution in [2.24, 2.45) is 0 Å². The van der Waals surface area contributed by atoms with E-state index in [1.807, 2.05) is 0 Å². The van der Waals surface area contributed by atoms with Gasteiger partial charge in [-0.05, 0) is 48.8 Å². The summed E-state index contributed by atoms with van der Waals surface area (Å²) in [5, 5.41) is 2.47. The highest BCUT2D eigenvalue weighted by molar-refractivity contribution is 9.10. The van der Waals surface area contributed by atoms with Gasteiger partial charge in [-0.25, -0.2) is 9.59 Å². The molecule has 0 fully saturated rings. The van der Waals surface area contributed by atoms with Crippen molar-refractivity contribution in [3.63, 3.8) is 0 Å². The van der Waals surface area contributed by atoms with E-state index in [1.54, 1.807) is 32.9 Å². The van der Waals surface area contributed by atoms with Gasteiger partial charge in [0, 0.05) is 6.42 Å². The number of furan rings is 1. The molecule has 7 heteroatoms. The van der Waals surface area contributed by atoms with Crippen LogP contribution in [0.4, 0.5) is 4.79 Å². The largest absolute Gasteiger partial charge is 0.467 e. The molecule has 0 aliphatic rings. The molecule has 1 heterocycles. The molecule has 112 valence electrons. The number of hydrogen-bond acceptors (Lipinski definition) is 5. The molecule has 1 rings (SSSR count). The summed E-state index contributed by atoms with van der Waals surface area (Å²) < 4.78 is 15.6. The van der Waals surface area contributed by atoms with Gasteiger partial charge in [-0.3, -0.25) is 0 Å². The molecule has 0 bridgehead atoms. The molecule has 0 radical (unpaired) electrons. The SMILES string of the molecule is COC(=O)[C@H](Cc1ccc(Br)o1)NC(=O)OC(C)(C)C. The monoisotopic (exact) mass is 347 g/mol. The first kappa shape index (κ1) is 16.6. The van der Waals surface area contributed by atoms with Gasteiger partial charge >= 0.3 is 12.1 Å². The second-order valence-electron chi connectivity index (χ2n) is 5.13. The second-order valence-corrected chi connectivity index (χ2v) is 5.91. The highest BCUT2D eigenvalue weighted by atomic mass is 79.9. The average Bonchev–Trinajstić information content (AvgIpc) is 2.70. The zero-order valence-corrected chi connectivity index (χ0v) is 13.4. The Labute approximate surface area is 125 Å². The summed E-state index contributed by atoms with van der Waals surface area (Å²) in [7, 11) is 1.25. The van der Waals surface area contributed by atoms with E-state index in [-0.39, 0.29) is 6.42 Å². The van der Waals surface area contributed by atoms with E-state index in [0.717, 1.165) is 0 Å². The van der Waals surface area contributed by atoms with Crippen LogP contribution in [0.25, 0.3) is 0 Å².